The number of aliphatic hydroxyl groups excluding tert-OH is 1. The van der Waals surface area contributed by atoms with Crippen molar-refractivity contribution in [3.05, 3.63) is 68.4 Å². The number of rotatable bonds is 2. The minimum absolute atomic E-state index is 0.229. The van der Waals surface area contributed by atoms with Gasteiger partial charge in [0.15, 0.2) is 0 Å². The topological polar surface area (TPSA) is 20.2 Å². The van der Waals surface area contributed by atoms with Crippen molar-refractivity contribution in [2.45, 2.75) is 6.10 Å². The van der Waals surface area contributed by atoms with Crippen molar-refractivity contribution in [1.82, 2.24) is 0 Å². The van der Waals surface area contributed by atoms with Crippen LogP contribution < -0.4 is 0 Å². The van der Waals surface area contributed by atoms with Gasteiger partial charge in [-0.3, -0.25) is 0 Å². The van der Waals surface area contributed by atoms with Gasteiger partial charge in [-0.2, -0.15) is 0 Å². The molecule has 1 nitrogen and oxygen atoms in total. The second-order valence-electron chi connectivity index (χ2n) is 3.71. The summed E-state index contributed by atoms with van der Waals surface area (Å²) in [6, 6.07) is 8.64. The molecule has 0 bridgehead atoms. The van der Waals surface area contributed by atoms with Crippen molar-refractivity contribution in [2.75, 3.05) is 0 Å². The first-order chi connectivity index (χ1) is 8.50. The summed E-state index contributed by atoms with van der Waals surface area (Å²) < 4.78 is 13.2. The van der Waals surface area contributed by atoms with E-state index in [1.807, 2.05) is 0 Å². The second kappa shape index (κ2) is 5.45. The zero-order valence-electron chi connectivity index (χ0n) is 9.00. The molecule has 0 aliphatic heterocycles. The Balaban J connectivity index is 2.51. The number of halogens is 4. The molecule has 1 unspecified atom stereocenters. The highest BCUT2D eigenvalue weighted by molar-refractivity contribution is 6.42. The lowest BCUT2D eigenvalue weighted by molar-refractivity contribution is 0.220. The van der Waals surface area contributed by atoms with Gasteiger partial charge in [-0.1, -0.05) is 46.9 Å². The molecule has 0 aliphatic rings. The molecule has 0 fully saturated rings. The maximum Gasteiger partial charge on any atom is 0.123 e. The Labute approximate surface area is 119 Å². The van der Waals surface area contributed by atoms with Crippen LogP contribution in [0.25, 0.3) is 0 Å². The van der Waals surface area contributed by atoms with E-state index in [4.69, 9.17) is 34.8 Å². The third kappa shape index (κ3) is 2.62. The monoisotopic (exact) mass is 304 g/mol. The second-order valence-corrected chi connectivity index (χ2v) is 4.90. The molecule has 94 valence electrons. The predicted molar refractivity (Wildman–Crippen MR) is 71.9 cm³/mol. The third-order valence-electron chi connectivity index (χ3n) is 2.53. The normalized spacial score (nSPS) is 12.5. The van der Waals surface area contributed by atoms with Crippen molar-refractivity contribution in [3.63, 3.8) is 0 Å². The number of benzene rings is 2. The molecule has 0 spiro atoms. The molecule has 2 aromatic rings. The molecule has 0 saturated carbocycles. The van der Waals surface area contributed by atoms with Gasteiger partial charge < -0.3 is 5.11 Å². The lowest BCUT2D eigenvalue weighted by Gasteiger charge is -2.15. The summed E-state index contributed by atoms with van der Waals surface area (Å²) in [5, 5.41) is 11.0. The largest absolute Gasteiger partial charge is 0.384 e. The number of hydrogen-bond acceptors (Lipinski definition) is 1. The average molecular weight is 306 g/mol. The van der Waals surface area contributed by atoms with Crippen molar-refractivity contribution >= 4 is 34.8 Å². The molecule has 5 heteroatoms. The van der Waals surface area contributed by atoms with E-state index in [0.29, 0.717) is 10.6 Å². The fourth-order valence-electron chi connectivity index (χ4n) is 1.62. The molecule has 2 rings (SSSR count). The van der Waals surface area contributed by atoms with Crippen LogP contribution in [0.5, 0.6) is 0 Å². The molecule has 0 radical (unpaired) electrons. The molecule has 1 N–H and O–H groups in total. The lowest BCUT2D eigenvalue weighted by atomic mass is 10.0. The lowest BCUT2D eigenvalue weighted by Crippen LogP contribution is -2.02. The Morgan fingerprint density at radius 3 is 2.39 bits per heavy atom. The molecular weight excluding hydrogens is 297 g/mol. The van der Waals surface area contributed by atoms with Gasteiger partial charge in [0, 0.05) is 16.1 Å². The van der Waals surface area contributed by atoms with Crippen LogP contribution in [0.2, 0.25) is 15.1 Å². The Bertz CT molecular complexity index is 584. The summed E-state index contributed by atoms with van der Waals surface area (Å²) in [5.41, 5.74) is 0.637. The van der Waals surface area contributed by atoms with E-state index in [2.05, 4.69) is 0 Å². The van der Waals surface area contributed by atoms with Gasteiger partial charge in [0.1, 0.15) is 11.9 Å². The fraction of sp³-hybridized carbons (Fsp3) is 0.0769. The Morgan fingerprint density at radius 1 is 0.944 bits per heavy atom. The first-order valence-corrected chi connectivity index (χ1v) is 6.21. The van der Waals surface area contributed by atoms with Gasteiger partial charge in [0.25, 0.3) is 0 Å². The van der Waals surface area contributed by atoms with Crippen molar-refractivity contribution < 1.29 is 9.50 Å². The summed E-state index contributed by atoms with van der Waals surface area (Å²) in [4.78, 5) is 0. The van der Waals surface area contributed by atoms with Crippen LogP contribution in [-0.2, 0) is 0 Å². The highest BCUT2D eigenvalue weighted by atomic mass is 35.5. The predicted octanol–water partition coefficient (Wildman–Crippen LogP) is 4.87. The average Bonchev–Trinajstić information content (AvgIpc) is 2.35. The van der Waals surface area contributed by atoms with Gasteiger partial charge in [-0.15, -0.1) is 0 Å². The minimum Gasteiger partial charge on any atom is -0.384 e. The minimum atomic E-state index is -1.13. The van der Waals surface area contributed by atoms with Crippen LogP contribution >= 0.6 is 34.8 Å². The van der Waals surface area contributed by atoms with Crippen LogP contribution in [0.4, 0.5) is 4.39 Å². The third-order valence-corrected chi connectivity index (χ3v) is 3.71. The molecule has 1 atom stereocenters. The molecule has 0 aliphatic carbocycles. The highest BCUT2D eigenvalue weighted by Gasteiger charge is 2.18. The van der Waals surface area contributed by atoms with E-state index in [0.717, 1.165) is 0 Å². The molecule has 2 aromatic carbocycles. The Kier molecular flexibility index (Phi) is 4.13. The standard InChI is InChI=1S/C13H8Cl3FO/c14-10-5-4-7(17)6-9(10)13(18)8-2-1-3-11(15)12(8)16/h1-6,13,18H. The van der Waals surface area contributed by atoms with Crippen LogP contribution in [0, 0.1) is 5.82 Å². The van der Waals surface area contributed by atoms with Crippen molar-refractivity contribution in [3.8, 4) is 0 Å². The Morgan fingerprint density at radius 2 is 1.67 bits per heavy atom. The molecule has 18 heavy (non-hydrogen) atoms. The quantitative estimate of drug-likeness (QED) is 0.839. The fourth-order valence-corrected chi connectivity index (χ4v) is 2.26. The van der Waals surface area contributed by atoms with Crippen LogP contribution in [0.3, 0.4) is 0 Å². The van der Waals surface area contributed by atoms with E-state index < -0.39 is 11.9 Å². The first kappa shape index (κ1) is 13.6. The summed E-state index contributed by atoms with van der Waals surface area (Å²) in [7, 11) is 0. The molecule has 0 saturated heterocycles. The van der Waals surface area contributed by atoms with Crippen molar-refractivity contribution in [2.24, 2.45) is 0 Å². The maximum atomic E-state index is 13.2. The maximum absolute atomic E-state index is 13.2. The summed E-state index contributed by atoms with van der Waals surface area (Å²) in [6.45, 7) is 0. The summed E-state index contributed by atoms with van der Waals surface area (Å²) in [6.07, 6.45) is -1.13. The molecular formula is C13H8Cl3FO. The summed E-state index contributed by atoms with van der Waals surface area (Å²) >= 11 is 17.8. The highest BCUT2D eigenvalue weighted by Crippen LogP contribution is 2.35. The van der Waals surface area contributed by atoms with Crippen LogP contribution in [-0.4, -0.2) is 5.11 Å². The van der Waals surface area contributed by atoms with E-state index in [1.165, 1.54) is 18.2 Å². The van der Waals surface area contributed by atoms with E-state index >= 15 is 0 Å². The van der Waals surface area contributed by atoms with Gasteiger partial charge in [0.05, 0.1) is 10.0 Å². The number of hydrogen-bond donors (Lipinski definition) is 1. The zero-order valence-corrected chi connectivity index (χ0v) is 11.3. The van der Waals surface area contributed by atoms with Gasteiger partial charge in [0.2, 0.25) is 0 Å². The van der Waals surface area contributed by atoms with Gasteiger partial charge >= 0.3 is 0 Å². The van der Waals surface area contributed by atoms with E-state index in [1.54, 1.807) is 18.2 Å². The zero-order chi connectivity index (χ0) is 13.3. The van der Waals surface area contributed by atoms with Crippen molar-refractivity contribution in [1.29, 1.82) is 0 Å². The van der Waals surface area contributed by atoms with Crippen LogP contribution in [0.1, 0.15) is 17.2 Å². The molecule has 0 amide bonds. The SMILES string of the molecule is OC(c1cc(F)ccc1Cl)c1cccc(Cl)c1Cl. The Hall–Kier alpha value is -0.800. The first-order valence-electron chi connectivity index (χ1n) is 5.07. The van der Waals surface area contributed by atoms with Gasteiger partial charge in [-0.25, -0.2) is 4.39 Å². The van der Waals surface area contributed by atoms with E-state index in [9.17, 15) is 9.50 Å². The smallest absolute Gasteiger partial charge is 0.123 e. The van der Waals surface area contributed by atoms with Gasteiger partial charge in [-0.05, 0) is 24.3 Å². The van der Waals surface area contributed by atoms with E-state index in [-0.39, 0.29) is 15.6 Å². The number of aliphatic hydroxyl groups is 1. The molecule has 0 heterocycles. The summed E-state index contributed by atoms with van der Waals surface area (Å²) in [5.74, 6) is -0.480. The van der Waals surface area contributed by atoms with Crippen LogP contribution in [0.15, 0.2) is 36.4 Å². The molecule has 0 aromatic heterocycles.